The first kappa shape index (κ1) is 18.2. The van der Waals surface area contributed by atoms with Crippen LogP contribution >= 0.6 is 0 Å². The van der Waals surface area contributed by atoms with E-state index in [0.717, 1.165) is 62.3 Å². The maximum Gasteiger partial charge on any atom is 0.233 e. The van der Waals surface area contributed by atoms with Gasteiger partial charge in [0.15, 0.2) is 0 Å². The molecule has 1 atom stereocenters. The van der Waals surface area contributed by atoms with Crippen molar-refractivity contribution in [3.63, 3.8) is 0 Å². The van der Waals surface area contributed by atoms with E-state index in [1.807, 2.05) is 30.9 Å². The topological polar surface area (TPSA) is 53.0 Å². The minimum absolute atomic E-state index is 0.258. The first-order valence-corrected chi connectivity index (χ1v) is 9.35. The van der Waals surface area contributed by atoms with Crippen LogP contribution in [0.3, 0.4) is 0 Å². The highest BCUT2D eigenvalue weighted by atomic mass is 16.5. The highest BCUT2D eigenvalue weighted by Gasteiger charge is 2.53. The van der Waals surface area contributed by atoms with Gasteiger partial charge in [0.05, 0.1) is 18.6 Å². The first-order valence-electron chi connectivity index (χ1n) is 9.35. The fourth-order valence-electron chi connectivity index (χ4n) is 3.73. The van der Waals surface area contributed by atoms with Crippen LogP contribution in [0.4, 0.5) is 0 Å². The van der Waals surface area contributed by atoms with Crippen LogP contribution in [-0.4, -0.2) is 66.8 Å². The van der Waals surface area contributed by atoms with E-state index in [-0.39, 0.29) is 17.4 Å². The summed E-state index contributed by atoms with van der Waals surface area (Å²) in [6, 6.07) is 6.16. The number of hydrogen-bond donors (Lipinski definition) is 1. The lowest BCUT2D eigenvalue weighted by molar-refractivity contribution is -0.135. The van der Waals surface area contributed by atoms with Gasteiger partial charge >= 0.3 is 0 Å². The Morgan fingerprint density at radius 1 is 1.28 bits per heavy atom. The van der Waals surface area contributed by atoms with Crippen LogP contribution in [0.2, 0.25) is 0 Å². The van der Waals surface area contributed by atoms with Crippen molar-refractivity contribution in [2.24, 2.45) is 0 Å². The number of aliphatic hydroxyl groups is 1. The Hall–Kier alpha value is -1.59. The lowest BCUT2D eigenvalue weighted by Crippen LogP contribution is -2.52. The quantitative estimate of drug-likeness (QED) is 0.855. The summed E-state index contributed by atoms with van der Waals surface area (Å²) in [5, 5.41) is 9.81. The molecule has 1 amide bonds. The Morgan fingerprint density at radius 2 is 1.96 bits per heavy atom. The highest BCUT2D eigenvalue weighted by Crippen LogP contribution is 2.50. The lowest BCUT2D eigenvalue weighted by Gasteiger charge is -2.37. The molecule has 1 saturated carbocycles. The number of carbonyl (C=O) groups is 1. The fourth-order valence-corrected chi connectivity index (χ4v) is 3.73. The number of β-amino-alcohol motifs (C(OH)–C–C–N with tert-alkyl or cyclic N) is 1. The number of hydrogen-bond acceptors (Lipinski definition) is 4. The van der Waals surface area contributed by atoms with Crippen LogP contribution in [-0.2, 0) is 10.2 Å². The molecule has 2 fully saturated rings. The number of benzene rings is 1. The van der Waals surface area contributed by atoms with Crippen molar-refractivity contribution in [3.8, 4) is 5.75 Å². The first-order chi connectivity index (χ1) is 12.0. The second-order valence-electron chi connectivity index (χ2n) is 7.42. The number of aliphatic hydroxyl groups excluding tert-OH is 1. The van der Waals surface area contributed by atoms with E-state index < -0.39 is 0 Å². The molecule has 2 aliphatic rings. The molecule has 25 heavy (non-hydrogen) atoms. The molecule has 1 heterocycles. The standard InChI is InChI=1S/C20H30N2O3/c1-4-17(23)14-21-9-11-22(12-10-21)19(24)20(7-8-20)16-6-5-15(2)18(13-16)25-3/h5-6,13,17,23H,4,7-12,14H2,1-3H3/t17-/m0/s1. The van der Waals surface area contributed by atoms with Gasteiger partial charge in [-0.15, -0.1) is 0 Å². The summed E-state index contributed by atoms with van der Waals surface area (Å²) in [5.41, 5.74) is 1.84. The fraction of sp³-hybridized carbons (Fsp3) is 0.650. The molecule has 0 bridgehead atoms. The number of ether oxygens (including phenoxy) is 1. The van der Waals surface area contributed by atoms with Crippen molar-refractivity contribution in [1.29, 1.82) is 0 Å². The average molecular weight is 346 g/mol. The zero-order valence-corrected chi connectivity index (χ0v) is 15.6. The molecule has 1 N–H and O–H groups in total. The van der Waals surface area contributed by atoms with Gasteiger partial charge in [-0.3, -0.25) is 9.69 Å². The van der Waals surface area contributed by atoms with Crippen LogP contribution in [0.25, 0.3) is 0 Å². The Bertz CT molecular complexity index is 619. The molecule has 0 aromatic heterocycles. The van der Waals surface area contributed by atoms with E-state index in [2.05, 4.69) is 11.0 Å². The van der Waals surface area contributed by atoms with Crippen LogP contribution in [0, 0.1) is 6.92 Å². The Balaban J connectivity index is 1.65. The molecule has 5 heteroatoms. The normalized spacial score (nSPS) is 21.0. The number of carbonyl (C=O) groups excluding carboxylic acids is 1. The molecule has 1 aliphatic heterocycles. The van der Waals surface area contributed by atoms with E-state index in [1.54, 1.807) is 7.11 Å². The second kappa shape index (κ2) is 7.34. The molecule has 5 nitrogen and oxygen atoms in total. The summed E-state index contributed by atoms with van der Waals surface area (Å²) in [6.45, 7) is 7.91. The predicted molar refractivity (Wildman–Crippen MR) is 98.0 cm³/mol. The SMILES string of the molecule is CC[C@H](O)CN1CCN(C(=O)C2(c3ccc(C)c(OC)c3)CC2)CC1. The number of amides is 1. The zero-order valence-electron chi connectivity index (χ0n) is 15.6. The number of rotatable bonds is 6. The van der Waals surface area contributed by atoms with E-state index >= 15 is 0 Å². The van der Waals surface area contributed by atoms with E-state index in [0.29, 0.717) is 6.54 Å². The van der Waals surface area contributed by atoms with Gasteiger partial charge in [-0.05, 0) is 43.4 Å². The highest BCUT2D eigenvalue weighted by molar-refractivity contribution is 5.91. The predicted octanol–water partition coefficient (Wildman–Crippen LogP) is 1.95. The summed E-state index contributed by atoms with van der Waals surface area (Å²) in [5.74, 6) is 1.11. The van der Waals surface area contributed by atoms with Crippen molar-refractivity contribution in [1.82, 2.24) is 9.80 Å². The molecular formula is C20H30N2O3. The minimum Gasteiger partial charge on any atom is -0.496 e. The number of piperazine rings is 1. The van der Waals surface area contributed by atoms with Crippen molar-refractivity contribution >= 4 is 5.91 Å². The van der Waals surface area contributed by atoms with Gasteiger partial charge in [0.1, 0.15) is 5.75 Å². The van der Waals surface area contributed by atoms with Crippen molar-refractivity contribution in [3.05, 3.63) is 29.3 Å². The van der Waals surface area contributed by atoms with Crippen LogP contribution in [0.15, 0.2) is 18.2 Å². The van der Waals surface area contributed by atoms with E-state index in [9.17, 15) is 9.90 Å². The van der Waals surface area contributed by atoms with Crippen LogP contribution in [0.1, 0.15) is 37.3 Å². The van der Waals surface area contributed by atoms with E-state index in [1.165, 1.54) is 0 Å². The molecule has 1 aromatic rings. The van der Waals surface area contributed by atoms with E-state index in [4.69, 9.17) is 4.74 Å². The van der Waals surface area contributed by atoms with Crippen LogP contribution < -0.4 is 4.74 Å². The van der Waals surface area contributed by atoms with Gasteiger partial charge in [-0.2, -0.15) is 0 Å². The maximum atomic E-state index is 13.2. The molecule has 3 rings (SSSR count). The third kappa shape index (κ3) is 3.67. The molecule has 0 spiro atoms. The maximum absolute atomic E-state index is 13.2. The van der Waals surface area contributed by atoms with Gasteiger partial charge < -0.3 is 14.7 Å². The molecule has 1 aromatic carbocycles. The number of methoxy groups -OCH3 is 1. The van der Waals surface area contributed by atoms with Crippen molar-refractivity contribution in [2.75, 3.05) is 39.8 Å². The van der Waals surface area contributed by atoms with Gasteiger partial charge in [-0.1, -0.05) is 19.1 Å². The molecule has 138 valence electrons. The number of nitrogens with zero attached hydrogens (tertiary/aromatic N) is 2. The van der Waals surface area contributed by atoms with Crippen LogP contribution in [0.5, 0.6) is 5.75 Å². The third-order valence-corrected chi connectivity index (χ3v) is 5.72. The second-order valence-corrected chi connectivity index (χ2v) is 7.42. The zero-order chi connectivity index (χ0) is 18.0. The Morgan fingerprint density at radius 3 is 2.52 bits per heavy atom. The monoisotopic (exact) mass is 346 g/mol. The average Bonchev–Trinajstić information content (AvgIpc) is 3.44. The Kier molecular flexibility index (Phi) is 5.35. The summed E-state index contributed by atoms with van der Waals surface area (Å²) >= 11 is 0. The summed E-state index contributed by atoms with van der Waals surface area (Å²) in [7, 11) is 1.68. The molecule has 1 aliphatic carbocycles. The number of aryl methyl sites for hydroxylation is 1. The largest absolute Gasteiger partial charge is 0.496 e. The summed E-state index contributed by atoms with van der Waals surface area (Å²) in [6.07, 6.45) is 2.36. The molecule has 0 radical (unpaired) electrons. The minimum atomic E-state index is -0.341. The molecule has 0 unspecified atom stereocenters. The van der Waals surface area contributed by atoms with Gasteiger partial charge in [0.25, 0.3) is 0 Å². The lowest BCUT2D eigenvalue weighted by atomic mass is 9.92. The van der Waals surface area contributed by atoms with Crippen molar-refractivity contribution in [2.45, 2.75) is 44.6 Å². The van der Waals surface area contributed by atoms with Crippen molar-refractivity contribution < 1.29 is 14.6 Å². The molecule has 1 saturated heterocycles. The smallest absolute Gasteiger partial charge is 0.233 e. The molecular weight excluding hydrogens is 316 g/mol. The third-order valence-electron chi connectivity index (χ3n) is 5.72. The van der Waals surface area contributed by atoms with Gasteiger partial charge in [0.2, 0.25) is 5.91 Å². The summed E-state index contributed by atoms with van der Waals surface area (Å²) < 4.78 is 5.44. The summed E-state index contributed by atoms with van der Waals surface area (Å²) in [4.78, 5) is 17.4. The Labute approximate surface area is 150 Å². The van der Waals surface area contributed by atoms with Gasteiger partial charge in [-0.25, -0.2) is 0 Å². The van der Waals surface area contributed by atoms with Gasteiger partial charge in [0, 0.05) is 32.7 Å².